The second kappa shape index (κ2) is 6.04. The van der Waals surface area contributed by atoms with E-state index in [4.69, 9.17) is 11.6 Å². The molecule has 0 aliphatic rings. The molecule has 0 aliphatic heterocycles. The molecule has 1 aromatic rings. The molecule has 108 valence electrons. The van der Waals surface area contributed by atoms with E-state index in [0.717, 1.165) is 5.56 Å². The van der Waals surface area contributed by atoms with Crippen molar-refractivity contribution in [2.24, 2.45) is 5.41 Å². The summed E-state index contributed by atoms with van der Waals surface area (Å²) in [6, 6.07) is 6.02. The van der Waals surface area contributed by atoms with Crippen LogP contribution in [0.1, 0.15) is 32.8 Å². The first-order chi connectivity index (χ1) is 8.58. The largest absolute Gasteiger partial charge is 0.573 e. The van der Waals surface area contributed by atoms with Gasteiger partial charge in [-0.15, -0.1) is 24.8 Å². The van der Waals surface area contributed by atoms with E-state index in [1.165, 1.54) is 12.1 Å². The monoisotopic (exact) mass is 294 g/mol. The Kier molecular flexibility index (Phi) is 5.13. The minimum atomic E-state index is -4.65. The smallest absolute Gasteiger partial charge is 0.406 e. The van der Waals surface area contributed by atoms with Crippen molar-refractivity contribution in [2.45, 2.75) is 45.4 Å². The van der Waals surface area contributed by atoms with Gasteiger partial charge in [-0.1, -0.05) is 32.9 Å². The molecule has 0 fully saturated rings. The number of aryl methyl sites for hydroxylation is 1. The summed E-state index contributed by atoms with van der Waals surface area (Å²) in [5.41, 5.74) is 0.762. The first-order valence-electron chi connectivity index (χ1n) is 6.07. The van der Waals surface area contributed by atoms with Gasteiger partial charge in [0, 0.05) is 5.38 Å². The molecule has 1 rings (SSSR count). The number of hydrogen-bond donors (Lipinski definition) is 0. The molecule has 0 spiro atoms. The topological polar surface area (TPSA) is 9.23 Å². The zero-order valence-corrected chi connectivity index (χ0v) is 12.0. The lowest BCUT2D eigenvalue weighted by Gasteiger charge is -2.25. The van der Waals surface area contributed by atoms with Gasteiger partial charge in [-0.25, -0.2) is 0 Å². The minimum Gasteiger partial charge on any atom is -0.406 e. The van der Waals surface area contributed by atoms with Gasteiger partial charge in [0.2, 0.25) is 0 Å². The van der Waals surface area contributed by atoms with E-state index in [1.54, 1.807) is 12.1 Å². The Labute approximate surface area is 116 Å². The summed E-state index contributed by atoms with van der Waals surface area (Å²) in [5.74, 6) is -0.188. The Hall–Kier alpha value is -0.900. The van der Waals surface area contributed by atoms with Crippen LogP contribution in [0.15, 0.2) is 24.3 Å². The predicted molar refractivity (Wildman–Crippen MR) is 70.5 cm³/mol. The normalized spacial score (nSPS) is 14.3. The van der Waals surface area contributed by atoms with Crippen LogP contribution in [0.2, 0.25) is 0 Å². The summed E-state index contributed by atoms with van der Waals surface area (Å²) in [7, 11) is 0. The van der Waals surface area contributed by atoms with E-state index < -0.39 is 6.36 Å². The van der Waals surface area contributed by atoms with Gasteiger partial charge in [-0.05, 0) is 36.0 Å². The third-order valence-electron chi connectivity index (χ3n) is 2.76. The SMILES string of the molecule is CC(C)(C)C(Cl)CCc1cccc(OC(F)(F)F)c1. The summed E-state index contributed by atoms with van der Waals surface area (Å²) >= 11 is 6.24. The molecule has 19 heavy (non-hydrogen) atoms. The van der Waals surface area contributed by atoms with Crippen molar-refractivity contribution in [3.8, 4) is 5.75 Å². The van der Waals surface area contributed by atoms with Crippen LogP contribution in [0.5, 0.6) is 5.75 Å². The van der Waals surface area contributed by atoms with E-state index in [-0.39, 0.29) is 16.5 Å². The molecule has 1 atom stereocenters. The average molecular weight is 295 g/mol. The van der Waals surface area contributed by atoms with E-state index in [9.17, 15) is 13.2 Å². The maximum absolute atomic E-state index is 12.1. The zero-order valence-electron chi connectivity index (χ0n) is 11.2. The number of rotatable bonds is 4. The van der Waals surface area contributed by atoms with E-state index in [2.05, 4.69) is 4.74 Å². The molecule has 0 N–H and O–H groups in total. The number of benzene rings is 1. The van der Waals surface area contributed by atoms with Crippen LogP contribution in [-0.4, -0.2) is 11.7 Å². The van der Waals surface area contributed by atoms with Gasteiger partial charge in [0.1, 0.15) is 5.75 Å². The first kappa shape index (κ1) is 16.2. The van der Waals surface area contributed by atoms with Crippen molar-refractivity contribution in [3.63, 3.8) is 0 Å². The Bertz CT molecular complexity index is 410. The summed E-state index contributed by atoms with van der Waals surface area (Å²) in [6.07, 6.45) is -3.32. The van der Waals surface area contributed by atoms with E-state index in [1.807, 2.05) is 20.8 Å². The van der Waals surface area contributed by atoms with Crippen molar-refractivity contribution in [1.82, 2.24) is 0 Å². The lowest BCUT2D eigenvalue weighted by Crippen LogP contribution is -2.21. The van der Waals surface area contributed by atoms with Gasteiger partial charge >= 0.3 is 6.36 Å². The second-order valence-corrected chi connectivity index (χ2v) is 6.09. The van der Waals surface area contributed by atoms with Crippen LogP contribution < -0.4 is 4.74 Å². The van der Waals surface area contributed by atoms with Crippen LogP contribution >= 0.6 is 11.6 Å². The quantitative estimate of drug-likeness (QED) is 0.696. The van der Waals surface area contributed by atoms with Crippen LogP contribution in [0.25, 0.3) is 0 Å². The molecule has 0 aromatic heterocycles. The molecule has 0 radical (unpaired) electrons. The van der Waals surface area contributed by atoms with Gasteiger partial charge in [0.05, 0.1) is 0 Å². The van der Waals surface area contributed by atoms with Crippen molar-refractivity contribution in [1.29, 1.82) is 0 Å². The maximum Gasteiger partial charge on any atom is 0.573 e. The van der Waals surface area contributed by atoms with Gasteiger partial charge in [-0.2, -0.15) is 0 Å². The minimum absolute atomic E-state index is 0.0262. The Morgan fingerprint density at radius 1 is 1.21 bits per heavy atom. The highest BCUT2D eigenvalue weighted by Crippen LogP contribution is 2.29. The number of ether oxygens (including phenoxy) is 1. The Morgan fingerprint density at radius 2 is 1.84 bits per heavy atom. The van der Waals surface area contributed by atoms with Crippen LogP contribution in [0.3, 0.4) is 0 Å². The van der Waals surface area contributed by atoms with Gasteiger partial charge in [-0.3, -0.25) is 0 Å². The molecule has 0 amide bonds. The number of hydrogen-bond acceptors (Lipinski definition) is 1. The molecule has 0 bridgehead atoms. The molecule has 0 saturated carbocycles. The summed E-state index contributed by atoms with van der Waals surface area (Å²) in [6.45, 7) is 6.11. The highest BCUT2D eigenvalue weighted by Gasteiger charge is 2.31. The third kappa shape index (κ3) is 6.19. The van der Waals surface area contributed by atoms with Gasteiger partial charge in [0.15, 0.2) is 0 Å². The van der Waals surface area contributed by atoms with Crippen LogP contribution in [-0.2, 0) is 6.42 Å². The fourth-order valence-corrected chi connectivity index (χ4v) is 1.73. The summed E-state index contributed by atoms with van der Waals surface area (Å²) in [4.78, 5) is 0. The molecular weight excluding hydrogens is 277 g/mol. The average Bonchev–Trinajstić information content (AvgIpc) is 2.22. The predicted octanol–water partition coefficient (Wildman–Crippen LogP) is 5.17. The van der Waals surface area contributed by atoms with Crippen LogP contribution in [0, 0.1) is 5.41 Å². The number of halogens is 4. The molecular formula is C14H18ClF3O. The summed E-state index contributed by atoms with van der Waals surface area (Å²) < 4.78 is 40.2. The first-order valence-corrected chi connectivity index (χ1v) is 6.50. The number of alkyl halides is 4. The van der Waals surface area contributed by atoms with Crippen molar-refractivity contribution in [3.05, 3.63) is 29.8 Å². The molecule has 0 saturated heterocycles. The molecule has 5 heteroatoms. The second-order valence-electron chi connectivity index (χ2n) is 5.57. The van der Waals surface area contributed by atoms with Crippen molar-refractivity contribution in [2.75, 3.05) is 0 Å². The van der Waals surface area contributed by atoms with E-state index >= 15 is 0 Å². The highest BCUT2D eigenvalue weighted by atomic mass is 35.5. The Morgan fingerprint density at radius 3 is 2.37 bits per heavy atom. The van der Waals surface area contributed by atoms with Gasteiger partial charge < -0.3 is 4.74 Å². The van der Waals surface area contributed by atoms with Crippen molar-refractivity contribution >= 4 is 11.6 Å². The zero-order chi connectivity index (χ0) is 14.7. The molecule has 1 aromatic carbocycles. The molecule has 0 heterocycles. The lowest BCUT2D eigenvalue weighted by molar-refractivity contribution is -0.274. The van der Waals surface area contributed by atoms with Gasteiger partial charge in [0.25, 0.3) is 0 Å². The third-order valence-corrected chi connectivity index (χ3v) is 3.63. The highest BCUT2D eigenvalue weighted by molar-refractivity contribution is 6.21. The summed E-state index contributed by atoms with van der Waals surface area (Å²) in [5, 5.41) is -0.0281. The van der Waals surface area contributed by atoms with E-state index in [0.29, 0.717) is 12.8 Å². The standard InChI is InChI=1S/C14H18ClF3O/c1-13(2,3)12(15)8-7-10-5-4-6-11(9-10)19-14(16,17)18/h4-6,9,12H,7-8H2,1-3H3. The van der Waals surface area contributed by atoms with Crippen LogP contribution in [0.4, 0.5) is 13.2 Å². The Balaban J connectivity index is 2.63. The molecule has 1 nitrogen and oxygen atoms in total. The fraction of sp³-hybridized carbons (Fsp3) is 0.571. The molecule has 1 unspecified atom stereocenters. The molecule has 0 aliphatic carbocycles. The lowest BCUT2D eigenvalue weighted by atomic mass is 9.88. The fourth-order valence-electron chi connectivity index (χ4n) is 1.62. The van der Waals surface area contributed by atoms with Crippen molar-refractivity contribution < 1.29 is 17.9 Å². The maximum atomic E-state index is 12.1.